The van der Waals surface area contributed by atoms with Gasteiger partial charge in [0.2, 0.25) is 0 Å². The van der Waals surface area contributed by atoms with Crippen LogP contribution in [-0.4, -0.2) is 30.5 Å². The first kappa shape index (κ1) is 15.4. The maximum Gasteiger partial charge on any atom is 0.261 e. The summed E-state index contributed by atoms with van der Waals surface area (Å²) in [5.41, 5.74) is 0. The predicted molar refractivity (Wildman–Crippen MR) is 76.6 cm³/mol. The maximum absolute atomic E-state index is 13.5. The van der Waals surface area contributed by atoms with Gasteiger partial charge in [0.1, 0.15) is 0 Å². The first-order valence-electron chi connectivity index (χ1n) is 5.66. The molecule has 0 unspecified atom stereocenters. The van der Waals surface area contributed by atoms with Crippen LogP contribution in [0.2, 0.25) is 0 Å². The minimum Gasteiger partial charge on any atom is -0.481 e. The summed E-state index contributed by atoms with van der Waals surface area (Å²) in [7, 11) is 0. The molecule has 5 heteroatoms. The number of carbonyl (C=O) groups is 1. The molecule has 0 radical (unpaired) electrons. The van der Waals surface area contributed by atoms with E-state index < -0.39 is 5.82 Å². The van der Waals surface area contributed by atoms with E-state index in [2.05, 4.69) is 29.1 Å². The second-order valence-corrected chi connectivity index (χ2v) is 4.66. The third kappa shape index (κ3) is 4.87. The fourth-order valence-electron chi connectivity index (χ4n) is 1.41. The van der Waals surface area contributed by atoms with Crippen molar-refractivity contribution in [2.45, 2.75) is 0 Å². The topological polar surface area (TPSA) is 29.5 Å². The molecule has 0 atom stereocenters. The normalized spacial score (nSPS) is 9.79. The highest BCUT2D eigenvalue weighted by Gasteiger charge is 2.12. The molecule has 1 amide bonds. The zero-order chi connectivity index (χ0) is 14.3. The first-order chi connectivity index (χ1) is 9.08. The van der Waals surface area contributed by atoms with Gasteiger partial charge >= 0.3 is 0 Å². The molecule has 0 aliphatic rings. The van der Waals surface area contributed by atoms with Gasteiger partial charge in [-0.25, -0.2) is 4.39 Å². The highest BCUT2D eigenvalue weighted by atomic mass is 79.9. The number of halogens is 2. The van der Waals surface area contributed by atoms with E-state index in [0.29, 0.717) is 17.6 Å². The molecule has 0 bridgehead atoms. The van der Waals surface area contributed by atoms with Gasteiger partial charge in [-0.05, 0) is 18.2 Å². The fourth-order valence-corrected chi connectivity index (χ4v) is 1.75. The number of carbonyl (C=O) groups excluding carboxylic acids is 1. The first-order valence-corrected chi connectivity index (χ1v) is 6.45. The fraction of sp³-hybridized carbons (Fsp3) is 0.214. The number of hydrogen-bond acceptors (Lipinski definition) is 2. The molecule has 0 aliphatic heterocycles. The smallest absolute Gasteiger partial charge is 0.261 e. The Hall–Kier alpha value is -1.62. The van der Waals surface area contributed by atoms with Crippen LogP contribution in [0.15, 0.2) is 48.0 Å². The van der Waals surface area contributed by atoms with Crippen molar-refractivity contribution in [3.05, 3.63) is 53.8 Å². The quantitative estimate of drug-likeness (QED) is 0.720. The van der Waals surface area contributed by atoms with Gasteiger partial charge in [-0.3, -0.25) is 4.79 Å². The molecule has 1 rings (SSSR count). The summed E-state index contributed by atoms with van der Waals surface area (Å²) in [4.78, 5) is 13.4. The van der Waals surface area contributed by atoms with Gasteiger partial charge in [0.15, 0.2) is 18.2 Å². The van der Waals surface area contributed by atoms with Crippen molar-refractivity contribution < 1.29 is 13.9 Å². The second-order valence-electron chi connectivity index (χ2n) is 3.74. The van der Waals surface area contributed by atoms with Crippen molar-refractivity contribution in [2.24, 2.45) is 0 Å². The van der Waals surface area contributed by atoms with Crippen LogP contribution in [0, 0.1) is 5.82 Å². The molecule has 102 valence electrons. The molecule has 0 heterocycles. The third-order valence-corrected chi connectivity index (χ3v) is 2.79. The Balaban J connectivity index is 2.61. The van der Waals surface area contributed by atoms with Crippen molar-refractivity contribution in [3.63, 3.8) is 0 Å². The van der Waals surface area contributed by atoms with Gasteiger partial charge in [0, 0.05) is 17.6 Å². The number of ether oxygens (including phenoxy) is 1. The molecule has 1 aromatic carbocycles. The molecular formula is C14H15BrFNO2. The summed E-state index contributed by atoms with van der Waals surface area (Å²) in [5, 5.41) is 0. The summed E-state index contributed by atoms with van der Waals surface area (Å²) >= 11 is 3.15. The zero-order valence-electron chi connectivity index (χ0n) is 10.4. The average Bonchev–Trinajstić information content (AvgIpc) is 2.37. The monoisotopic (exact) mass is 327 g/mol. The van der Waals surface area contributed by atoms with Gasteiger partial charge in [-0.15, -0.1) is 13.2 Å². The minimum absolute atomic E-state index is 0.0497. The maximum atomic E-state index is 13.5. The van der Waals surface area contributed by atoms with Crippen LogP contribution in [0.3, 0.4) is 0 Å². The van der Waals surface area contributed by atoms with Gasteiger partial charge in [-0.1, -0.05) is 28.1 Å². The number of nitrogens with zero attached hydrogens (tertiary/aromatic N) is 1. The van der Waals surface area contributed by atoms with Crippen LogP contribution in [0.25, 0.3) is 0 Å². The summed E-state index contributed by atoms with van der Waals surface area (Å²) in [6.45, 7) is 7.72. The Morgan fingerprint density at radius 1 is 1.37 bits per heavy atom. The Bertz CT molecular complexity index is 467. The van der Waals surface area contributed by atoms with Crippen molar-refractivity contribution in [2.75, 3.05) is 19.7 Å². The van der Waals surface area contributed by atoms with E-state index in [0.717, 1.165) is 0 Å². The Morgan fingerprint density at radius 2 is 2.00 bits per heavy atom. The van der Waals surface area contributed by atoms with Crippen LogP contribution >= 0.6 is 15.9 Å². The lowest BCUT2D eigenvalue weighted by Gasteiger charge is -2.19. The largest absolute Gasteiger partial charge is 0.481 e. The third-order valence-electron chi connectivity index (χ3n) is 2.30. The molecule has 1 aromatic rings. The average molecular weight is 328 g/mol. The van der Waals surface area contributed by atoms with Gasteiger partial charge in [0.25, 0.3) is 5.91 Å². The van der Waals surface area contributed by atoms with Gasteiger partial charge in [-0.2, -0.15) is 0 Å². The van der Waals surface area contributed by atoms with Gasteiger partial charge in [0.05, 0.1) is 0 Å². The molecule has 0 saturated heterocycles. The van der Waals surface area contributed by atoms with E-state index in [1.165, 1.54) is 17.0 Å². The number of benzene rings is 1. The summed E-state index contributed by atoms with van der Waals surface area (Å²) in [6.07, 6.45) is 3.23. The molecule has 19 heavy (non-hydrogen) atoms. The number of amides is 1. The van der Waals surface area contributed by atoms with E-state index in [9.17, 15) is 9.18 Å². The molecule has 0 aromatic heterocycles. The van der Waals surface area contributed by atoms with E-state index in [1.54, 1.807) is 18.2 Å². The molecule has 3 nitrogen and oxygen atoms in total. The van der Waals surface area contributed by atoms with E-state index in [1.807, 2.05) is 0 Å². The summed E-state index contributed by atoms with van der Waals surface area (Å²) in [5.74, 6) is -0.711. The lowest BCUT2D eigenvalue weighted by atomic mass is 10.3. The summed E-state index contributed by atoms with van der Waals surface area (Å²) < 4.78 is 19.3. The number of rotatable bonds is 7. The second kappa shape index (κ2) is 7.74. The summed E-state index contributed by atoms with van der Waals surface area (Å²) in [6, 6.07) is 4.40. The van der Waals surface area contributed by atoms with E-state index in [4.69, 9.17) is 4.74 Å². The standard InChI is InChI=1S/C14H15BrFNO2/c1-3-7-17(8-4-2)14(18)10-19-13-6-5-11(15)9-12(13)16/h3-6,9H,1-2,7-8,10H2. The Morgan fingerprint density at radius 3 is 2.53 bits per heavy atom. The number of hydrogen-bond donors (Lipinski definition) is 0. The van der Waals surface area contributed by atoms with Crippen molar-refractivity contribution in [1.29, 1.82) is 0 Å². The molecular weight excluding hydrogens is 313 g/mol. The predicted octanol–water partition coefficient (Wildman–Crippen LogP) is 3.17. The van der Waals surface area contributed by atoms with E-state index in [-0.39, 0.29) is 18.3 Å². The Kier molecular flexibility index (Phi) is 6.29. The zero-order valence-corrected chi connectivity index (χ0v) is 12.0. The van der Waals surface area contributed by atoms with Crippen molar-refractivity contribution in [1.82, 2.24) is 4.90 Å². The molecule has 0 saturated carbocycles. The molecule has 0 N–H and O–H groups in total. The van der Waals surface area contributed by atoms with Crippen molar-refractivity contribution >= 4 is 21.8 Å². The van der Waals surface area contributed by atoms with Gasteiger partial charge < -0.3 is 9.64 Å². The SMILES string of the molecule is C=CCN(CC=C)C(=O)COc1ccc(Br)cc1F. The van der Waals surface area contributed by atoms with Crippen LogP contribution in [0.5, 0.6) is 5.75 Å². The van der Waals surface area contributed by atoms with Crippen LogP contribution in [-0.2, 0) is 4.79 Å². The van der Waals surface area contributed by atoms with Crippen LogP contribution < -0.4 is 4.74 Å². The van der Waals surface area contributed by atoms with Crippen LogP contribution in [0.4, 0.5) is 4.39 Å². The van der Waals surface area contributed by atoms with Crippen molar-refractivity contribution in [3.8, 4) is 5.75 Å². The highest BCUT2D eigenvalue weighted by molar-refractivity contribution is 9.10. The molecule has 0 aliphatic carbocycles. The molecule has 0 fully saturated rings. The molecule has 0 spiro atoms. The van der Waals surface area contributed by atoms with E-state index >= 15 is 0 Å². The Labute approximate surface area is 120 Å². The lowest BCUT2D eigenvalue weighted by Crippen LogP contribution is -2.35. The minimum atomic E-state index is -0.513. The highest BCUT2D eigenvalue weighted by Crippen LogP contribution is 2.21. The lowest BCUT2D eigenvalue weighted by molar-refractivity contribution is -0.132. The van der Waals surface area contributed by atoms with Crippen LogP contribution in [0.1, 0.15) is 0 Å².